The lowest BCUT2D eigenvalue weighted by Gasteiger charge is -2.02. The Hall–Kier alpha value is -1.37. The molecule has 3 N–H and O–H groups in total. The van der Waals surface area contributed by atoms with Crippen molar-refractivity contribution in [1.29, 1.82) is 0 Å². The molecule has 2 aromatic rings. The number of nitrogens with one attached hydrogen (secondary N) is 1. The minimum atomic E-state index is 0.347. The Bertz CT molecular complexity index is 476. The molecule has 0 saturated heterocycles. The molecule has 0 saturated carbocycles. The fourth-order valence-electron chi connectivity index (χ4n) is 1.07. The number of benzene rings is 1. The number of hydrazine groups is 1. The number of hydrogen-bond donors (Lipinski definition) is 2. The summed E-state index contributed by atoms with van der Waals surface area (Å²) in [6.45, 7) is 0.347. The average Bonchev–Trinajstić information content (AvgIpc) is 2.74. The third-order valence-electron chi connectivity index (χ3n) is 1.75. The Balaban J connectivity index is 1.96. The minimum Gasteiger partial charge on any atom is -0.486 e. The van der Waals surface area contributed by atoms with Gasteiger partial charge in [0.15, 0.2) is 5.01 Å². The molecule has 0 bridgehead atoms. The zero-order chi connectivity index (χ0) is 11.4. The molecule has 2 rings (SSSR count). The first-order chi connectivity index (χ1) is 7.78. The lowest BCUT2D eigenvalue weighted by Crippen LogP contribution is -2.05. The summed E-state index contributed by atoms with van der Waals surface area (Å²) in [5, 5.41) is 9.62. The van der Waals surface area contributed by atoms with Crippen LogP contribution in [0.25, 0.3) is 0 Å². The molecular weight excluding hydrogens is 248 g/mol. The van der Waals surface area contributed by atoms with Crippen molar-refractivity contribution in [2.45, 2.75) is 6.61 Å². The molecule has 0 aliphatic carbocycles. The van der Waals surface area contributed by atoms with Crippen LogP contribution >= 0.6 is 22.9 Å². The molecule has 0 aliphatic heterocycles. The molecule has 0 fully saturated rings. The van der Waals surface area contributed by atoms with E-state index in [0.717, 1.165) is 5.01 Å². The van der Waals surface area contributed by atoms with Gasteiger partial charge in [-0.15, -0.1) is 10.2 Å². The molecule has 0 spiro atoms. The highest BCUT2D eigenvalue weighted by Gasteiger charge is 2.03. The number of nitrogens with two attached hydrogens (primary N) is 1. The SMILES string of the molecule is NNc1nnc(COc2cccc(Cl)c2)s1. The molecular formula is C9H9ClN4OS. The molecule has 0 unspecified atom stereocenters. The van der Waals surface area contributed by atoms with Gasteiger partial charge in [-0.25, -0.2) is 5.84 Å². The number of halogens is 1. The van der Waals surface area contributed by atoms with Crippen molar-refractivity contribution in [2.75, 3.05) is 5.43 Å². The molecule has 16 heavy (non-hydrogen) atoms. The van der Waals surface area contributed by atoms with Crippen molar-refractivity contribution in [1.82, 2.24) is 10.2 Å². The van der Waals surface area contributed by atoms with E-state index in [-0.39, 0.29) is 0 Å². The Morgan fingerprint density at radius 1 is 1.44 bits per heavy atom. The number of rotatable bonds is 4. The van der Waals surface area contributed by atoms with Crippen LogP contribution in [0.2, 0.25) is 5.02 Å². The zero-order valence-corrected chi connectivity index (χ0v) is 9.76. The van der Waals surface area contributed by atoms with Crippen molar-refractivity contribution in [3.8, 4) is 5.75 Å². The van der Waals surface area contributed by atoms with Crippen LogP contribution in [-0.2, 0) is 6.61 Å². The topological polar surface area (TPSA) is 73.1 Å². The van der Waals surface area contributed by atoms with Gasteiger partial charge in [0.2, 0.25) is 5.13 Å². The van der Waals surface area contributed by atoms with Crippen LogP contribution in [0, 0.1) is 0 Å². The van der Waals surface area contributed by atoms with E-state index in [1.165, 1.54) is 11.3 Å². The summed E-state index contributed by atoms with van der Waals surface area (Å²) in [6.07, 6.45) is 0. The monoisotopic (exact) mass is 256 g/mol. The quantitative estimate of drug-likeness (QED) is 0.647. The fraction of sp³-hybridized carbons (Fsp3) is 0.111. The summed E-state index contributed by atoms with van der Waals surface area (Å²) in [5.74, 6) is 5.89. The molecule has 1 aromatic heterocycles. The second kappa shape index (κ2) is 5.11. The van der Waals surface area contributed by atoms with Gasteiger partial charge in [0.25, 0.3) is 0 Å². The highest BCUT2D eigenvalue weighted by Crippen LogP contribution is 2.20. The highest BCUT2D eigenvalue weighted by molar-refractivity contribution is 7.15. The van der Waals surface area contributed by atoms with E-state index in [0.29, 0.717) is 22.5 Å². The number of hydrogen-bond acceptors (Lipinski definition) is 6. The van der Waals surface area contributed by atoms with Crippen LogP contribution < -0.4 is 16.0 Å². The van der Waals surface area contributed by atoms with Gasteiger partial charge in [-0.05, 0) is 18.2 Å². The van der Waals surface area contributed by atoms with Crippen molar-refractivity contribution >= 4 is 28.1 Å². The number of nitrogen functional groups attached to an aromatic ring is 1. The average molecular weight is 257 g/mol. The predicted molar refractivity (Wildman–Crippen MR) is 63.5 cm³/mol. The summed E-state index contributed by atoms with van der Waals surface area (Å²) >= 11 is 7.16. The van der Waals surface area contributed by atoms with Crippen molar-refractivity contribution in [2.24, 2.45) is 5.84 Å². The third kappa shape index (κ3) is 2.82. The molecule has 7 heteroatoms. The van der Waals surface area contributed by atoms with Crippen molar-refractivity contribution in [3.05, 3.63) is 34.3 Å². The number of ether oxygens (including phenoxy) is 1. The Morgan fingerprint density at radius 3 is 3.00 bits per heavy atom. The van der Waals surface area contributed by atoms with E-state index in [1.807, 2.05) is 12.1 Å². The summed E-state index contributed by atoms with van der Waals surface area (Å²) < 4.78 is 5.49. The Kier molecular flexibility index (Phi) is 3.55. The number of aromatic nitrogens is 2. The summed E-state index contributed by atoms with van der Waals surface area (Å²) in [4.78, 5) is 0. The lowest BCUT2D eigenvalue weighted by atomic mass is 10.3. The molecule has 0 aliphatic rings. The second-order valence-corrected chi connectivity index (χ2v) is 4.39. The maximum absolute atomic E-state index is 5.82. The predicted octanol–water partition coefficient (Wildman–Crippen LogP) is 2.06. The molecule has 1 aromatic carbocycles. The number of nitrogens with zero attached hydrogens (tertiary/aromatic N) is 2. The maximum Gasteiger partial charge on any atom is 0.219 e. The van der Waals surface area contributed by atoms with Crippen LogP contribution in [0.15, 0.2) is 24.3 Å². The fourth-order valence-corrected chi connectivity index (χ4v) is 1.82. The molecule has 1 heterocycles. The number of anilines is 1. The van der Waals surface area contributed by atoms with E-state index in [2.05, 4.69) is 15.6 Å². The van der Waals surface area contributed by atoms with Crippen molar-refractivity contribution < 1.29 is 4.74 Å². The van der Waals surface area contributed by atoms with Gasteiger partial charge in [0, 0.05) is 5.02 Å². The van der Waals surface area contributed by atoms with Gasteiger partial charge >= 0.3 is 0 Å². The summed E-state index contributed by atoms with van der Waals surface area (Å²) in [6, 6.07) is 7.18. The standard InChI is InChI=1S/C9H9ClN4OS/c10-6-2-1-3-7(4-6)15-5-8-13-14-9(12-11)16-8/h1-4H,5,11H2,(H,12,14). The van der Waals surface area contributed by atoms with E-state index >= 15 is 0 Å². The van der Waals surface area contributed by atoms with E-state index in [4.69, 9.17) is 22.2 Å². The zero-order valence-electron chi connectivity index (χ0n) is 8.18. The van der Waals surface area contributed by atoms with Gasteiger partial charge in [0.05, 0.1) is 0 Å². The highest BCUT2D eigenvalue weighted by atomic mass is 35.5. The molecule has 84 valence electrons. The van der Waals surface area contributed by atoms with Crippen LogP contribution in [0.3, 0.4) is 0 Å². The molecule has 0 atom stereocenters. The molecule has 0 radical (unpaired) electrons. The smallest absolute Gasteiger partial charge is 0.219 e. The second-order valence-electron chi connectivity index (χ2n) is 2.89. The van der Waals surface area contributed by atoms with Gasteiger partial charge in [-0.2, -0.15) is 0 Å². The third-order valence-corrected chi connectivity index (χ3v) is 2.81. The van der Waals surface area contributed by atoms with Gasteiger partial charge < -0.3 is 4.74 Å². The summed E-state index contributed by atoms with van der Waals surface area (Å²) in [5.41, 5.74) is 2.42. The Morgan fingerprint density at radius 2 is 2.31 bits per heavy atom. The van der Waals surface area contributed by atoms with Crippen molar-refractivity contribution in [3.63, 3.8) is 0 Å². The van der Waals surface area contributed by atoms with Gasteiger partial charge in [-0.3, -0.25) is 5.43 Å². The largest absolute Gasteiger partial charge is 0.486 e. The molecule has 5 nitrogen and oxygen atoms in total. The van der Waals surface area contributed by atoms with Crippen LogP contribution in [0.1, 0.15) is 5.01 Å². The maximum atomic E-state index is 5.82. The van der Waals surface area contributed by atoms with E-state index in [1.54, 1.807) is 12.1 Å². The van der Waals surface area contributed by atoms with Crippen LogP contribution in [0.5, 0.6) is 5.75 Å². The van der Waals surface area contributed by atoms with Crippen LogP contribution in [-0.4, -0.2) is 10.2 Å². The first-order valence-electron chi connectivity index (χ1n) is 4.45. The normalized spacial score (nSPS) is 10.1. The van der Waals surface area contributed by atoms with Gasteiger partial charge in [-0.1, -0.05) is 29.0 Å². The van der Waals surface area contributed by atoms with E-state index < -0.39 is 0 Å². The first kappa shape index (κ1) is 11.1. The lowest BCUT2D eigenvalue weighted by molar-refractivity contribution is 0.304. The van der Waals surface area contributed by atoms with Gasteiger partial charge in [0.1, 0.15) is 12.4 Å². The summed E-state index contributed by atoms with van der Waals surface area (Å²) in [7, 11) is 0. The Labute approximate surface area is 101 Å². The minimum absolute atomic E-state index is 0.347. The van der Waals surface area contributed by atoms with E-state index in [9.17, 15) is 0 Å². The van der Waals surface area contributed by atoms with Crippen LogP contribution in [0.4, 0.5) is 5.13 Å². The molecule has 0 amide bonds. The first-order valence-corrected chi connectivity index (χ1v) is 5.65.